The minimum absolute atomic E-state index is 0.0515. The lowest BCUT2D eigenvalue weighted by Crippen LogP contribution is -2.16. The molecule has 112 valence electrons. The standard InChI is InChI=1S/C17H20ClFN2/c1-21(2)14-8-6-12(7-9-14)13(11-20)10-15-16(18)4-3-5-17(15)19/h3-9,13H,10-11,20H2,1-2H3. The van der Waals surface area contributed by atoms with E-state index in [0.29, 0.717) is 23.6 Å². The molecule has 0 saturated heterocycles. The highest BCUT2D eigenvalue weighted by molar-refractivity contribution is 6.31. The van der Waals surface area contributed by atoms with Crippen LogP contribution in [0.15, 0.2) is 42.5 Å². The molecule has 0 heterocycles. The van der Waals surface area contributed by atoms with Crippen LogP contribution in [0.25, 0.3) is 0 Å². The van der Waals surface area contributed by atoms with Gasteiger partial charge >= 0.3 is 0 Å². The van der Waals surface area contributed by atoms with Crippen molar-refractivity contribution in [2.75, 3.05) is 25.5 Å². The minimum Gasteiger partial charge on any atom is -0.378 e. The highest BCUT2D eigenvalue weighted by Crippen LogP contribution is 2.27. The molecule has 2 aromatic carbocycles. The molecule has 0 spiro atoms. The second-order valence-corrected chi connectivity index (χ2v) is 5.73. The summed E-state index contributed by atoms with van der Waals surface area (Å²) < 4.78 is 13.9. The van der Waals surface area contributed by atoms with E-state index in [-0.39, 0.29) is 11.7 Å². The van der Waals surface area contributed by atoms with Crippen LogP contribution >= 0.6 is 11.6 Å². The molecule has 0 aromatic heterocycles. The van der Waals surface area contributed by atoms with E-state index in [1.54, 1.807) is 12.1 Å². The summed E-state index contributed by atoms with van der Waals surface area (Å²) in [6.07, 6.45) is 0.503. The quantitative estimate of drug-likeness (QED) is 0.909. The van der Waals surface area contributed by atoms with Gasteiger partial charge in [0.15, 0.2) is 0 Å². The first-order chi connectivity index (χ1) is 10.0. The number of anilines is 1. The van der Waals surface area contributed by atoms with E-state index in [4.69, 9.17) is 17.3 Å². The van der Waals surface area contributed by atoms with E-state index in [1.165, 1.54) is 6.07 Å². The number of halogens is 2. The van der Waals surface area contributed by atoms with Gasteiger partial charge in [-0.3, -0.25) is 0 Å². The first-order valence-electron chi connectivity index (χ1n) is 6.93. The number of hydrogen-bond acceptors (Lipinski definition) is 2. The van der Waals surface area contributed by atoms with Crippen LogP contribution in [0.4, 0.5) is 10.1 Å². The Kier molecular flexibility index (Phi) is 5.21. The van der Waals surface area contributed by atoms with Crippen LogP contribution in [0.2, 0.25) is 5.02 Å². The zero-order valence-electron chi connectivity index (χ0n) is 12.3. The predicted octanol–water partition coefficient (Wildman–Crippen LogP) is 3.83. The lowest BCUT2D eigenvalue weighted by molar-refractivity contribution is 0.590. The van der Waals surface area contributed by atoms with Gasteiger partial charge in [0.25, 0.3) is 0 Å². The molecule has 2 nitrogen and oxygen atoms in total. The van der Waals surface area contributed by atoms with Gasteiger partial charge in [-0.15, -0.1) is 0 Å². The molecule has 0 saturated carbocycles. The number of hydrogen-bond donors (Lipinski definition) is 1. The van der Waals surface area contributed by atoms with Crippen LogP contribution in [0.3, 0.4) is 0 Å². The summed E-state index contributed by atoms with van der Waals surface area (Å²) in [5.74, 6) is -0.221. The van der Waals surface area contributed by atoms with E-state index in [2.05, 4.69) is 0 Å². The monoisotopic (exact) mass is 306 g/mol. The van der Waals surface area contributed by atoms with Gasteiger partial charge in [-0.2, -0.15) is 0 Å². The van der Waals surface area contributed by atoms with Crippen molar-refractivity contribution in [2.45, 2.75) is 12.3 Å². The second-order valence-electron chi connectivity index (χ2n) is 5.32. The fraction of sp³-hybridized carbons (Fsp3) is 0.294. The van der Waals surface area contributed by atoms with Crippen molar-refractivity contribution >= 4 is 17.3 Å². The maximum Gasteiger partial charge on any atom is 0.127 e. The molecule has 0 amide bonds. The summed E-state index contributed by atoms with van der Waals surface area (Å²) in [5.41, 5.74) is 8.63. The van der Waals surface area contributed by atoms with Crippen molar-refractivity contribution < 1.29 is 4.39 Å². The van der Waals surface area contributed by atoms with Crippen molar-refractivity contribution in [3.05, 3.63) is 64.4 Å². The molecule has 1 unspecified atom stereocenters. The Bertz CT molecular complexity index is 576. The highest BCUT2D eigenvalue weighted by Gasteiger charge is 2.15. The molecular formula is C17H20ClFN2. The van der Waals surface area contributed by atoms with Crippen molar-refractivity contribution in [1.29, 1.82) is 0 Å². The Hall–Kier alpha value is -1.58. The maximum absolute atomic E-state index is 13.9. The Labute approximate surface area is 130 Å². The van der Waals surface area contributed by atoms with Crippen molar-refractivity contribution in [1.82, 2.24) is 0 Å². The van der Waals surface area contributed by atoms with Gasteiger partial charge in [-0.05, 0) is 42.8 Å². The van der Waals surface area contributed by atoms with Crippen LogP contribution in [0.5, 0.6) is 0 Å². The number of nitrogens with two attached hydrogens (primary N) is 1. The maximum atomic E-state index is 13.9. The van der Waals surface area contributed by atoms with Gasteiger partial charge in [0.1, 0.15) is 5.82 Å². The minimum atomic E-state index is -0.272. The molecule has 0 bridgehead atoms. The van der Waals surface area contributed by atoms with Gasteiger partial charge in [0.05, 0.1) is 0 Å². The fourth-order valence-electron chi connectivity index (χ4n) is 2.36. The summed E-state index contributed by atoms with van der Waals surface area (Å²) in [6, 6.07) is 12.9. The van der Waals surface area contributed by atoms with Gasteiger partial charge in [-0.1, -0.05) is 29.8 Å². The third-order valence-electron chi connectivity index (χ3n) is 3.68. The molecule has 2 aromatic rings. The Morgan fingerprint density at radius 1 is 1.14 bits per heavy atom. The molecular weight excluding hydrogens is 287 g/mol. The first-order valence-corrected chi connectivity index (χ1v) is 7.31. The largest absolute Gasteiger partial charge is 0.378 e. The third kappa shape index (κ3) is 3.74. The van der Waals surface area contributed by atoms with Crippen LogP contribution in [0.1, 0.15) is 17.0 Å². The highest BCUT2D eigenvalue weighted by atomic mass is 35.5. The van der Waals surface area contributed by atoms with Gasteiger partial charge in [0, 0.05) is 36.3 Å². The summed E-state index contributed by atoms with van der Waals surface area (Å²) in [4.78, 5) is 2.04. The first kappa shape index (κ1) is 15.8. The summed E-state index contributed by atoms with van der Waals surface area (Å²) in [5, 5.41) is 0.457. The lowest BCUT2D eigenvalue weighted by Gasteiger charge is -2.18. The molecule has 21 heavy (non-hydrogen) atoms. The van der Waals surface area contributed by atoms with E-state index >= 15 is 0 Å². The fourth-order valence-corrected chi connectivity index (χ4v) is 2.60. The molecule has 0 radical (unpaired) electrons. The Morgan fingerprint density at radius 3 is 2.33 bits per heavy atom. The molecule has 2 N–H and O–H groups in total. The average molecular weight is 307 g/mol. The predicted molar refractivity (Wildman–Crippen MR) is 87.7 cm³/mol. The SMILES string of the molecule is CN(C)c1ccc(C(CN)Cc2c(F)cccc2Cl)cc1. The summed E-state index contributed by atoms with van der Waals surface area (Å²) in [6.45, 7) is 0.450. The topological polar surface area (TPSA) is 29.3 Å². The van der Waals surface area contributed by atoms with Crippen LogP contribution in [-0.2, 0) is 6.42 Å². The summed E-state index contributed by atoms with van der Waals surface area (Å²) >= 11 is 6.10. The van der Waals surface area contributed by atoms with E-state index in [0.717, 1.165) is 11.3 Å². The van der Waals surface area contributed by atoms with Crippen molar-refractivity contribution in [3.8, 4) is 0 Å². The van der Waals surface area contributed by atoms with Gasteiger partial charge in [0.2, 0.25) is 0 Å². The molecule has 4 heteroatoms. The Morgan fingerprint density at radius 2 is 1.81 bits per heavy atom. The number of benzene rings is 2. The summed E-state index contributed by atoms with van der Waals surface area (Å²) in [7, 11) is 3.99. The van der Waals surface area contributed by atoms with E-state index in [9.17, 15) is 4.39 Å². The molecule has 1 atom stereocenters. The molecule has 0 aliphatic heterocycles. The van der Waals surface area contributed by atoms with E-state index < -0.39 is 0 Å². The third-order valence-corrected chi connectivity index (χ3v) is 4.03. The van der Waals surface area contributed by atoms with Crippen LogP contribution < -0.4 is 10.6 Å². The van der Waals surface area contributed by atoms with Crippen LogP contribution in [-0.4, -0.2) is 20.6 Å². The number of nitrogens with zero attached hydrogens (tertiary/aromatic N) is 1. The smallest absolute Gasteiger partial charge is 0.127 e. The van der Waals surface area contributed by atoms with Gasteiger partial charge < -0.3 is 10.6 Å². The van der Waals surface area contributed by atoms with E-state index in [1.807, 2.05) is 43.3 Å². The van der Waals surface area contributed by atoms with Gasteiger partial charge in [-0.25, -0.2) is 4.39 Å². The number of rotatable bonds is 5. The van der Waals surface area contributed by atoms with Crippen molar-refractivity contribution in [2.24, 2.45) is 5.73 Å². The average Bonchev–Trinajstić information content (AvgIpc) is 2.47. The molecule has 2 rings (SSSR count). The molecule has 0 aliphatic carbocycles. The molecule has 0 aliphatic rings. The lowest BCUT2D eigenvalue weighted by atomic mass is 9.91. The van der Waals surface area contributed by atoms with Crippen molar-refractivity contribution in [3.63, 3.8) is 0 Å². The second kappa shape index (κ2) is 6.92. The van der Waals surface area contributed by atoms with Crippen LogP contribution in [0, 0.1) is 5.82 Å². The zero-order chi connectivity index (χ0) is 15.4. The normalized spacial score (nSPS) is 12.2. The molecule has 0 fully saturated rings. The Balaban J connectivity index is 2.24. The zero-order valence-corrected chi connectivity index (χ0v) is 13.1.